The van der Waals surface area contributed by atoms with Crippen LogP contribution in [-0.4, -0.2) is 34.7 Å². The second kappa shape index (κ2) is 7.42. The molecule has 3 aromatic rings. The Hall–Kier alpha value is -3.13. The smallest absolute Gasteiger partial charge is 0.326 e. The summed E-state index contributed by atoms with van der Waals surface area (Å²) in [4.78, 5) is 12.0. The number of methoxy groups -OCH3 is 1. The van der Waals surface area contributed by atoms with Crippen molar-refractivity contribution in [2.45, 2.75) is 6.54 Å². The zero-order valence-corrected chi connectivity index (χ0v) is 13.1. The fourth-order valence-corrected chi connectivity index (χ4v) is 2.07. The van der Waals surface area contributed by atoms with E-state index in [4.69, 9.17) is 9.26 Å². The molecule has 3 rings (SSSR count). The third-order valence-corrected chi connectivity index (χ3v) is 3.22. The molecule has 0 aliphatic heterocycles. The Bertz CT molecular complexity index is 797. The first-order valence-corrected chi connectivity index (χ1v) is 7.37. The second-order valence-corrected chi connectivity index (χ2v) is 4.98. The van der Waals surface area contributed by atoms with Crippen molar-refractivity contribution in [1.82, 2.24) is 14.9 Å². The maximum atomic E-state index is 12.0. The lowest BCUT2D eigenvalue weighted by atomic mass is 10.2. The first-order valence-electron chi connectivity index (χ1n) is 7.37. The minimum atomic E-state index is -0.445. The van der Waals surface area contributed by atoms with Crippen molar-refractivity contribution in [3.63, 3.8) is 0 Å². The van der Waals surface area contributed by atoms with Gasteiger partial charge in [0, 0.05) is 31.0 Å². The van der Waals surface area contributed by atoms with Crippen LogP contribution >= 0.6 is 0 Å². The van der Waals surface area contributed by atoms with Crippen molar-refractivity contribution in [2.24, 2.45) is 0 Å². The van der Waals surface area contributed by atoms with Gasteiger partial charge in [-0.05, 0) is 0 Å². The molecule has 0 spiro atoms. The van der Waals surface area contributed by atoms with E-state index in [-0.39, 0.29) is 0 Å². The molecule has 8 nitrogen and oxygen atoms in total. The number of carbonyl (C=O) groups is 1. The van der Waals surface area contributed by atoms with E-state index in [0.29, 0.717) is 30.5 Å². The fraction of sp³-hybridized carbons (Fsp3) is 0.188. The zero-order chi connectivity index (χ0) is 16.8. The topological polar surface area (TPSA) is 94.2 Å². The number of hydrogen-bond donors (Lipinski definition) is 2. The molecular weight excluding hydrogens is 310 g/mol. The third-order valence-electron chi connectivity index (χ3n) is 3.22. The molecule has 0 saturated carbocycles. The summed E-state index contributed by atoms with van der Waals surface area (Å²) < 4.78 is 11.9. The number of ether oxygens (including phenoxy) is 1. The molecule has 124 valence electrons. The van der Waals surface area contributed by atoms with Crippen molar-refractivity contribution in [3.05, 3.63) is 48.7 Å². The van der Waals surface area contributed by atoms with Crippen LogP contribution in [0.5, 0.6) is 0 Å². The summed E-state index contributed by atoms with van der Waals surface area (Å²) in [7, 11) is 1.62. The van der Waals surface area contributed by atoms with Gasteiger partial charge in [-0.1, -0.05) is 35.5 Å². The van der Waals surface area contributed by atoms with E-state index < -0.39 is 6.03 Å². The number of nitrogens with one attached hydrogen (secondary N) is 2. The van der Waals surface area contributed by atoms with Gasteiger partial charge in [0.25, 0.3) is 0 Å². The summed E-state index contributed by atoms with van der Waals surface area (Å²) in [6.07, 6.45) is 1.76. The molecule has 2 N–H and O–H groups in total. The molecule has 0 unspecified atom stereocenters. The van der Waals surface area contributed by atoms with Crippen LogP contribution in [0.2, 0.25) is 0 Å². The van der Waals surface area contributed by atoms with E-state index in [1.807, 2.05) is 30.3 Å². The number of carbonyl (C=O) groups excluding carboxylic acids is 1. The van der Waals surface area contributed by atoms with Crippen LogP contribution < -0.4 is 10.6 Å². The fourth-order valence-electron chi connectivity index (χ4n) is 2.07. The first-order chi connectivity index (χ1) is 11.7. The minimum Gasteiger partial charge on any atom is -0.383 e. The highest BCUT2D eigenvalue weighted by atomic mass is 16.5. The third kappa shape index (κ3) is 3.99. The zero-order valence-electron chi connectivity index (χ0n) is 13.1. The van der Waals surface area contributed by atoms with Crippen molar-refractivity contribution in [1.29, 1.82) is 0 Å². The molecule has 2 amide bonds. The number of nitrogens with zero attached hydrogens (tertiary/aromatic N) is 3. The Morgan fingerprint density at radius 3 is 2.79 bits per heavy atom. The molecule has 0 aliphatic carbocycles. The number of hydrogen-bond acceptors (Lipinski definition) is 5. The van der Waals surface area contributed by atoms with Crippen molar-refractivity contribution >= 4 is 17.7 Å². The van der Waals surface area contributed by atoms with Crippen molar-refractivity contribution < 1.29 is 14.1 Å². The second-order valence-electron chi connectivity index (χ2n) is 4.98. The van der Waals surface area contributed by atoms with Crippen LogP contribution in [0.25, 0.3) is 11.3 Å². The van der Waals surface area contributed by atoms with Gasteiger partial charge in [0.1, 0.15) is 0 Å². The van der Waals surface area contributed by atoms with E-state index in [9.17, 15) is 4.79 Å². The molecule has 2 aromatic heterocycles. The van der Waals surface area contributed by atoms with Crippen LogP contribution in [0.3, 0.4) is 0 Å². The molecule has 8 heteroatoms. The Morgan fingerprint density at radius 1 is 1.21 bits per heavy atom. The maximum Gasteiger partial charge on any atom is 0.326 e. The molecule has 0 aliphatic rings. The SMILES string of the molecule is COCCn1ccc(NC(=O)Nc2cc(-c3ccccc3)on2)n1. The summed E-state index contributed by atoms with van der Waals surface area (Å²) in [6, 6.07) is 12.4. The Balaban J connectivity index is 1.57. The lowest BCUT2D eigenvalue weighted by Crippen LogP contribution is -2.20. The summed E-state index contributed by atoms with van der Waals surface area (Å²) >= 11 is 0. The number of amides is 2. The van der Waals surface area contributed by atoms with Gasteiger partial charge in [-0.15, -0.1) is 0 Å². The normalized spacial score (nSPS) is 10.5. The predicted molar refractivity (Wildman–Crippen MR) is 88.7 cm³/mol. The lowest BCUT2D eigenvalue weighted by Gasteiger charge is -2.02. The van der Waals surface area contributed by atoms with Gasteiger partial charge >= 0.3 is 6.03 Å². The van der Waals surface area contributed by atoms with Gasteiger partial charge < -0.3 is 9.26 Å². The van der Waals surface area contributed by atoms with Crippen molar-refractivity contribution in [3.8, 4) is 11.3 Å². The molecule has 0 atom stereocenters. The molecule has 24 heavy (non-hydrogen) atoms. The Morgan fingerprint density at radius 2 is 2.00 bits per heavy atom. The van der Waals surface area contributed by atoms with E-state index in [2.05, 4.69) is 20.9 Å². The van der Waals surface area contributed by atoms with E-state index in [1.165, 1.54) is 0 Å². The number of aromatic nitrogens is 3. The largest absolute Gasteiger partial charge is 0.383 e. The van der Waals surface area contributed by atoms with E-state index in [0.717, 1.165) is 5.56 Å². The van der Waals surface area contributed by atoms with Crippen LogP contribution in [0.15, 0.2) is 53.2 Å². The predicted octanol–water partition coefficient (Wildman–Crippen LogP) is 2.83. The summed E-state index contributed by atoms with van der Waals surface area (Å²) in [6.45, 7) is 1.16. The molecular formula is C16H17N5O3. The molecule has 0 fully saturated rings. The highest BCUT2D eigenvalue weighted by molar-refractivity contribution is 5.98. The minimum absolute atomic E-state index is 0.324. The standard InChI is InChI=1S/C16H17N5O3/c1-23-10-9-21-8-7-14(19-21)17-16(22)18-15-11-13(24-20-15)12-5-3-2-4-6-12/h2-8,11H,9-10H2,1H3,(H2,17,18,19,20,22). The van der Waals surface area contributed by atoms with Crippen LogP contribution in [-0.2, 0) is 11.3 Å². The van der Waals surface area contributed by atoms with Gasteiger partial charge in [-0.3, -0.25) is 15.3 Å². The molecule has 2 heterocycles. The summed E-state index contributed by atoms with van der Waals surface area (Å²) in [5.74, 6) is 1.34. The van der Waals surface area contributed by atoms with Crippen LogP contribution in [0, 0.1) is 0 Å². The average molecular weight is 327 g/mol. The number of rotatable bonds is 6. The Kier molecular flexibility index (Phi) is 4.87. The molecule has 1 aromatic carbocycles. The monoisotopic (exact) mass is 327 g/mol. The average Bonchev–Trinajstić information content (AvgIpc) is 3.23. The summed E-state index contributed by atoms with van der Waals surface area (Å²) in [5.41, 5.74) is 0.885. The molecule has 0 radical (unpaired) electrons. The number of urea groups is 1. The van der Waals surface area contributed by atoms with Gasteiger partial charge in [-0.2, -0.15) is 5.10 Å². The van der Waals surface area contributed by atoms with E-state index in [1.54, 1.807) is 30.1 Å². The number of anilines is 2. The molecule has 0 saturated heterocycles. The Labute approximate surface area is 138 Å². The van der Waals surface area contributed by atoms with Gasteiger partial charge in [0.05, 0.1) is 13.2 Å². The van der Waals surface area contributed by atoms with Crippen LogP contribution in [0.1, 0.15) is 0 Å². The van der Waals surface area contributed by atoms with Gasteiger partial charge in [-0.25, -0.2) is 4.79 Å². The molecule has 0 bridgehead atoms. The first kappa shape index (κ1) is 15.8. The lowest BCUT2D eigenvalue weighted by molar-refractivity contribution is 0.183. The quantitative estimate of drug-likeness (QED) is 0.726. The van der Waals surface area contributed by atoms with Gasteiger partial charge in [0.2, 0.25) is 0 Å². The summed E-state index contributed by atoms with van der Waals surface area (Å²) in [5, 5.41) is 13.3. The number of benzene rings is 1. The van der Waals surface area contributed by atoms with Gasteiger partial charge in [0.15, 0.2) is 17.4 Å². The van der Waals surface area contributed by atoms with Crippen LogP contribution in [0.4, 0.5) is 16.4 Å². The highest BCUT2D eigenvalue weighted by Gasteiger charge is 2.10. The maximum absolute atomic E-state index is 12.0. The van der Waals surface area contributed by atoms with Crippen molar-refractivity contribution in [2.75, 3.05) is 24.4 Å². The van der Waals surface area contributed by atoms with E-state index >= 15 is 0 Å². The highest BCUT2D eigenvalue weighted by Crippen LogP contribution is 2.21.